The number of benzene rings is 1. The quantitative estimate of drug-likeness (QED) is 0.644. The summed E-state index contributed by atoms with van der Waals surface area (Å²) in [6, 6.07) is 7.13. The summed E-state index contributed by atoms with van der Waals surface area (Å²) >= 11 is 6.08. The number of carbonyl (C=O) groups excluding carboxylic acids is 3. The Morgan fingerprint density at radius 3 is 2.41 bits per heavy atom. The summed E-state index contributed by atoms with van der Waals surface area (Å²) in [6.45, 7) is 7.91. The van der Waals surface area contributed by atoms with Crippen molar-refractivity contribution < 1.29 is 19.3 Å². The molecule has 3 N–H and O–H groups in total. The zero-order valence-corrected chi connectivity index (χ0v) is 17.7. The van der Waals surface area contributed by atoms with E-state index in [9.17, 15) is 14.4 Å². The molecule has 1 aliphatic rings. The highest BCUT2D eigenvalue weighted by molar-refractivity contribution is 6.33. The predicted octanol–water partition coefficient (Wildman–Crippen LogP) is 1.47. The molecule has 1 aliphatic heterocycles. The molecule has 0 spiro atoms. The number of aromatic amines is 1. The zero-order chi connectivity index (χ0) is 21.1. The highest BCUT2D eigenvalue weighted by Crippen LogP contribution is 2.21. The summed E-state index contributed by atoms with van der Waals surface area (Å²) in [4.78, 5) is 43.0. The summed E-state index contributed by atoms with van der Waals surface area (Å²) in [5, 5.41) is 3.34. The van der Waals surface area contributed by atoms with E-state index in [0.29, 0.717) is 60.3 Å². The Hall–Kier alpha value is -2.64. The third kappa shape index (κ3) is 4.68. The first-order chi connectivity index (χ1) is 13.8. The van der Waals surface area contributed by atoms with Crippen LogP contribution in [0.15, 0.2) is 24.3 Å². The fraction of sp³-hybridized carbons (Fsp3) is 0.381. The smallest absolute Gasteiger partial charge is 0.279 e. The number of Topliss-reactive ketones (excluding diaryl/α,β-unsaturated/α-hetero) is 1. The van der Waals surface area contributed by atoms with Crippen molar-refractivity contribution in [1.29, 1.82) is 0 Å². The molecule has 8 heteroatoms. The van der Waals surface area contributed by atoms with Gasteiger partial charge in [0.05, 0.1) is 36.9 Å². The molecule has 1 saturated heterocycles. The van der Waals surface area contributed by atoms with Gasteiger partial charge in [-0.2, -0.15) is 0 Å². The number of quaternary nitrogens is 1. The highest BCUT2D eigenvalue weighted by atomic mass is 35.5. The van der Waals surface area contributed by atoms with Crippen molar-refractivity contribution in [2.75, 3.05) is 38.0 Å². The van der Waals surface area contributed by atoms with E-state index in [-0.39, 0.29) is 17.6 Å². The van der Waals surface area contributed by atoms with Gasteiger partial charge in [0.15, 0.2) is 12.3 Å². The maximum Gasteiger partial charge on any atom is 0.279 e. The van der Waals surface area contributed by atoms with Crippen molar-refractivity contribution in [2.24, 2.45) is 0 Å². The van der Waals surface area contributed by atoms with Gasteiger partial charge in [-0.25, -0.2) is 0 Å². The number of aryl methyl sites for hydroxylation is 1. The van der Waals surface area contributed by atoms with E-state index < -0.39 is 0 Å². The van der Waals surface area contributed by atoms with Crippen LogP contribution in [0.25, 0.3) is 0 Å². The number of para-hydroxylation sites is 1. The number of ketones is 1. The molecule has 2 aromatic rings. The van der Waals surface area contributed by atoms with Crippen molar-refractivity contribution in [1.82, 2.24) is 9.88 Å². The van der Waals surface area contributed by atoms with E-state index in [0.717, 1.165) is 10.6 Å². The summed E-state index contributed by atoms with van der Waals surface area (Å²) in [5.74, 6) is -0.249. The lowest BCUT2D eigenvalue weighted by atomic mass is 10.1. The number of anilines is 1. The Morgan fingerprint density at radius 1 is 1.17 bits per heavy atom. The standard InChI is InChI=1S/C21H25ClN4O3/c1-13-19(15(3)27)14(2)23-20(13)21(29)26-10-8-25(9-11-26)12-18(28)24-17-7-5-4-6-16(17)22/h4-7,23H,8-12H2,1-3H3,(H,24,28)/p+1. The molecule has 0 saturated carbocycles. The third-order valence-electron chi connectivity index (χ3n) is 5.32. The van der Waals surface area contributed by atoms with Gasteiger partial charge in [0, 0.05) is 11.3 Å². The molecular weight excluding hydrogens is 392 g/mol. The lowest BCUT2D eigenvalue weighted by Gasteiger charge is -2.31. The van der Waals surface area contributed by atoms with Crippen LogP contribution in [0.5, 0.6) is 0 Å². The van der Waals surface area contributed by atoms with Gasteiger partial charge in [0.2, 0.25) is 0 Å². The number of H-pyrrole nitrogens is 1. The minimum absolute atomic E-state index is 0.0471. The molecule has 0 bridgehead atoms. The topological polar surface area (TPSA) is 86.7 Å². The molecule has 1 aromatic carbocycles. The SMILES string of the molecule is CC(=O)c1c(C)[nH]c(C(=O)N2CC[NH+](CC(=O)Nc3ccccc3Cl)CC2)c1C. The predicted molar refractivity (Wildman–Crippen MR) is 112 cm³/mol. The summed E-state index contributed by atoms with van der Waals surface area (Å²) in [7, 11) is 0. The van der Waals surface area contributed by atoms with Crippen molar-refractivity contribution in [3.05, 3.63) is 51.8 Å². The second-order valence-corrected chi connectivity index (χ2v) is 7.84. The van der Waals surface area contributed by atoms with Crippen LogP contribution in [0.4, 0.5) is 5.69 Å². The summed E-state index contributed by atoms with van der Waals surface area (Å²) in [5.41, 5.74) is 3.10. The number of rotatable bonds is 5. The first-order valence-corrected chi connectivity index (χ1v) is 10.0. The average molecular weight is 418 g/mol. The molecule has 2 heterocycles. The molecule has 3 rings (SSSR count). The van der Waals surface area contributed by atoms with Crippen LogP contribution in [0, 0.1) is 13.8 Å². The lowest BCUT2D eigenvalue weighted by Crippen LogP contribution is -3.15. The molecule has 0 aliphatic carbocycles. The number of carbonyl (C=O) groups is 3. The molecule has 2 amide bonds. The minimum Gasteiger partial charge on any atom is -0.354 e. The Morgan fingerprint density at radius 2 is 1.83 bits per heavy atom. The van der Waals surface area contributed by atoms with Crippen LogP contribution in [-0.2, 0) is 4.79 Å². The van der Waals surface area contributed by atoms with Gasteiger partial charge < -0.3 is 20.1 Å². The van der Waals surface area contributed by atoms with E-state index in [2.05, 4.69) is 10.3 Å². The first kappa shape index (κ1) is 21.1. The van der Waals surface area contributed by atoms with E-state index in [1.54, 1.807) is 30.9 Å². The number of hydrogen-bond acceptors (Lipinski definition) is 3. The van der Waals surface area contributed by atoms with Gasteiger partial charge in [-0.3, -0.25) is 14.4 Å². The molecule has 0 atom stereocenters. The molecule has 1 fully saturated rings. The Labute approximate surface area is 175 Å². The largest absolute Gasteiger partial charge is 0.354 e. The van der Waals surface area contributed by atoms with Crippen LogP contribution in [0.2, 0.25) is 5.02 Å². The van der Waals surface area contributed by atoms with Gasteiger partial charge >= 0.3 is 0 Å². The van der Waals surface area contributed by atoms with Crippen molar-refractivity contribution in [3.63, 3.8) is 0 Å². The third-order valence-corrected chi connectivity index (χ3v) is 5.65. The summed E-state index contributed by atoms with van der Waals surface area (Å²) < 4.78 is 0. The molecule has 29 heavy (non-hydrogen) atoms. The van der Waals surface area contributed by atoms with Gasteiger partial charge in [0.1, 0.15) is 5.69 Å². The molecule has 1 aromatic heterocycles. The number of nitrogens with one attached hydrogen (secondary N) is 3. The van der Waals surface area contributed by atoms with Crippen molar-refractivity contribution in [2.45, 2.75) is 20.8 Å². The summed E-state index contributed by atoms with van der Waals surface area (Å²) in [6.07, 6.45) is 0. The molecule has 0 radical (unpaired) electrons. The van der Waals surface area contributed by atoms with E-state index in [1.165, 1.54) is 6.92 Å². The fourth-order valence-electron chi connectivity index (χ4n) is 3.84. The van der Waals surface area contributed by atoms with E-state index >= 15 is 0 Å². The average Bonchev–Trinajstić information content (AvgIpc) is 2.98. The molecule has 0 unspecified atom stereocenters. The Balaban J connectivity index is 1.56. The zero-order valence-electron chi connectivity index (χ0n) is 16.9. The van der Waals surface area contributed by atoms with Gasteiger partial charge in [-0.15, -0.1) is 0 Å². The number of halogens is 1. The van der Waals surface area contributed by atoms with E-state index in [1.807, 2.05) is 12.1 Å². The maximum absolute atomic E-state index is 12.9. The van der Waals surface area contributed by atoms with Gasteiger partial charge in [-0.05, 0) is 38.5 Å². The maximum atomic E-state index is 12.9. The number of amides is 2. The number of nitrogens with zero attached hydrogens (tertiary/aromatic N) is 1. The molecular formula is C21H26ClN4O3+. The van der Waals surface area contributed by atoms with Crippen LogP contribution in [-0.4, -0.2) is 60.2 Å². The Kier molecular flexibility index (Phi) is 6.39. The fourth-order valence-corrected chi connectivity index (χ4v) is 4.02. The minimum atomic E-state index is -0.102. The van der Waals surface area contributed by atoms with Gasteiger partial charge in [0.25, 0.3) is 11.8 Å². The van der Waals surface area contributed by atoms with Crippen molar-refractivity contribution >= 4 is 34.9 Å². The van der Waals surface area contributed by atoms with Gasteiger partial charge in [-0.1, -0.05) is 23.7 Å². The van der Waals surface area contributed by atoms with Crippen molar-refractivity contribution in [3.8, 4) is 0 Å². The second-order valence-electron chi connectivity index (χ2n) is 7.43. The Bertz CT molecular complexity index is 945. The van der Waals surface area contributed by atoms with Crippen LogP contribution < -0.4 is 10.2 Å². The second kappa shape index (κ2) is 8.80. The normalized spacial score (nSPS) is 14.7. The van der Waals surface area contributed by atoms with E-state index in [4.69, 9.17) is 11.6 Å². The molecule has 7 nitrogen and oxygen atoms in total. The first-order valence-electron chi connectivity index (χ1n) is 9.65. The monoisotopic (exact) mass is 417 g/mol. The number of hydrogen-bond donors (Lipinski definition) is 3. The number of aromatic nitrogens is 1. The highest BCUT2D eigenvalue weighted by Gasteiger charge is 2.29. The van der Waals surface area contributed by atoms with Crippen LogP contribution in [0.1, 0.15) is 39.0 Å². The number of piperazine rings is 1. The molecule has 154 valence electrons. The lowest BCUT2D eigenvalue weighted by molar-refractivity contribution is -0.895. The van der Waals surface area contributed by atoms with Crippen LogP contribution in [0.3, 0.4) is 0 Å². The van der Waals surface area contributed by atoms with Crippen LogP contribution >= 0.6 is 11.6 Å².